The Labute approximate surface area is 80.0 Å². The van der Waals surface area contributed by atoms with Crippen LogP contribution in [0, 0.1) is 6.92 Å². The van der Waals surface area contributed by atoms with Gasteiger partial charge in [0.05, 0.1) is 5.71 Å². The molecular weight excluding hydrogens is 218 g/mol. The molecule has 0 radical (unpaired) electrons. The SMILES string of the molecule is CC(=NO)c1ccc(Br)cc1C. The van der Waals surface area contributed by atoms with Crippen molar-refractivity contribution in [2.24, 2.45) is 5.16 Å². The molecule has 1 rings (SSSR count). The first-order chi connectivity index (χ1) is 5.65. The molecule has 2 nitrogen and oxygen atoms in total. The van der Waals surface area contributed by atoms with Crippen LogP contribution in [0.15, 0.2) is 27.8 Å². The van der Waals surface area contributed by atoms with E-state index >= 15 is 0 Å². The molecule has 0 bridgehead atoms. The standard InChI is InChI=1S/C9H10BrNO/c1-6-5-8(10)3-4-9(6)7(2)11-12/h3-5,12H,1-2H3. The predicted octanol–water partition coefficient (Wildman–Crippen LogP) is 2.96. The van der Waals surface area contributed by atoms with Crippen LogP contribution in [0.1, 0.15) is 18.1 Å². The fraction of sp³-hybridized carbons (Fsp3) is 0.222. The van der Waals surface area contributed by atoms with E-state index in [0.29, 0.717) is 5.71 Å². The Morgan fingerprint density at radius 1 is 1.50 bits per heavy atom. The minimum atomic E-state index is 0.639. The molecule has 3 heteroatoms. The number of aryl methyl sites for hydroxylation is 1. The molecule has 12 heavy (non-hydrogen) atoms. The molecular formula is C9H10BrNO. The molecule has 0 aliphatic carbocycles. The first-order valence-corrected chi connectivity index (χ1v) is 4.39. The van der Waals surface area contributed by atoms with E-state index in [1.54, 1.807) is 6.92 Å². The molecule has 0 saturated heterocycles. The van der Waals surface area contributed by atoms with Gasteiger partial charge >= 0.3 is 0 Å². The van der Waals surface area contributed by atoms with Crippen molar-refractivity contribution in [3.63, 3.8) is 0 Å². The highest BCUT2D eigenvalue weighted by Crippen LogP contribution is 2.16. The minimum absolute atomic E-state index is 0.639. The van der Waals surface area contributed by atoms with E-state index in [1.807, 2.05) is 25.1 Å². The lowest BCUT2D eigenvalue weighted by atomic mass is 10.1. The molecule has 0 aliphatic rings. The molecule has 1 aromatic carbocycles. The van der Waals surface area contributed by atoms with Gasteiger partial charge in [-0.05, 0) is 31.5 Å². The maximum atomic E-state index is 8.56. The van der Waals surface area contributed by atoms with Gasteiger partial charge in [-0.2, -0.15) is 0 Å². The summed E-state index contributed by atoms with van der Waals surface area (Å²) in [6, 6.07) is 5.84. The van der Waals surface area contributed by atoms with Gasteiger partial charge in [-0.25, -0.2) is 0 Å². The molecule has 0 fully saturated rings. The molecule has 0 aromatic heterocycles. The molecule has 64 valence electrons. The lowest BCUT2D eigenvalue weighted by Gasteiger charge is -2.03. The number of benzene rings is 1. The summed E-state index contributed by atoms with van der Waals surface area (Å²) >= 11 is 3.36. The lowest BCUT2D eigenvalue weighted by Crippen LogP contribution is -1.97. The Bertz CT molecular complexity index is 320. The van der Waals surface area contributed by atoms with Gasteiger partial charge in [0.25, 0.3) is 0 Å². The second-order valence-corrected chi connectivity index (χ2v) is 3.56. The summed E-state index contributed by atoms with van der Waals surface area (Å²) in [6.45, 7) is 3.75. The second-order valence-electron chi connectivity index (χ2n) is 2.64. The van der Waals surface area contributed by atoms with Gasteiger partial charge < -0.3 is 5.21 Å². The average molecular weight is 228 g/mol. The fourth-order valence-electron chi connectivity index (χ4n) is 1.09. The molecule has 0 unspecified atom stereocenters. The van der Waals surface area contributed by atoms with Gasteiger partial charge in [0.1, 0.15) is 0 Å². The van der Waals surface area contributed by atoms with Crippen molar-refractivity contribution in [3.05, 3.63) is 33.8 Å². The van der Waals surface area contributed by atoms with Crippen LogP contribution in [0.25, 0.3) is 0 Å². The number of oxime groups is 1. The quantitative estimate of drug-likeness (QED) is 0.447. The highest BCUT2D eigenvalue weighted by Gasteiger charge is 2.01. The van der Waals surface area contributed by atoms with Gasteiger partial charge in [-0.3, -0.25) is 0 Å². The monoisotopic (exact) mass is 227 g/mol. The Kier molecular flexibility index (Phi) is 2.87. The number of halogens is 1. The van der Waals surface area contributed by atoms with Crippen LogP contribution in [0.5, 0.6) is 0 Å². The Morgan fingerprint density at radius 3 is 2.67 bits per heavy atom. The van der Waals surface area contributed by atoms with Crippen LogP contribution >= 0.6 is 15.9 Å². The van der Waals surface area contributed by atoms with Gasteiger partial charge in [0.15, 0.2) is 0 Å². The van der Waals surface area contributed by atoms with E-state index < -0.39 is 0 Å². The fourth-order valence-corrected chi connectivity index (χ4v) is 1.56. The first-order valence-electron chi connectivity index (χ1n) is 3.60. The number of nitrogens with zero attached hydrogens (tertiary/aromatic N) is 1. The zero-order chi connectivity index (χ0) is 9.14. The van der Waals surface area contributed by atoms with E-state index in [9.17, 15) is 0 Å². The predicted molar refractivity (Wildman–Crippen MR) is 52.9 cm³/mol. The molecule has 1 N–H and O–H groups in total. The van der Waals surface area contributed by atoms with Crippen molar-refractivity contribution in [2.75, 3.05) is 0 Å². The normalized spacial score (nSPS) is 11.8. The van der Waals surface area contributed by atoms with Gasteiger partial charge in [-0.1, -0.05) is 27.2 Å². The summed E-state index contributed by atoms with van der Waals surface area (Å²) in [5.41, 5.74) is 2.71. The van der Waals surface area contributed by atoms with Gasteiger partial charge in [0, 0.05) is 10.0 Å². The number of hydrogen-bond donors (Lipinski definition) is 1. The van der Waals surface area contributed by atoms with Crippen LogP contribution in [0.3, 0.4) is 0 Å². The third kappa shape index (κ3) is 1.85. The molecule has 0 saturated carbocycles. The minimum Gasteiger partial charge on any atom is -0.411 e. The smallest absolute Gasteiger partial charge is 0.0839 e. The Balaban J connectivity index is 3.18. The molecule has 0 atom stereocenters. The van der Waals surface area contributed by atoms with E-state index in [1.165, 1.54) is 0 Å². The number of hydrogen-bond acceptors (Lipinski definition) is 2. The molecule has 0 aliphatic heterocycles. The second kappa shape index (κ2) is 3.72. The Morgan fingerprint density at radius 2 is 2.17 bits per heavy atom. The van der Waals surface area contributed by atoms with Crippen molar-refractivity contribution in [2.45, 2.75) is 13.8 Å². The van der Waals surface area contributed by atoms with Crippen molar-refractivity contribution >= 4 is 21.6 Å². The number of rotatable bonds is 1. The summed E-state index contributed by atoms with van der Waals surface area (Å²) < 4.78 is 1.04. The summed E-state index contributed by atoms with van der Waals surface area (Å²) in [4.78, 5) is 0. The lowest BCUT2D eigenvalue weighted by molar-refractivity contribution is 0.319. The van der Waals surface area contributed by atoms with Crippen LogP contribution in [0.4, 0.5) is 0 Å². The maximum absolute atomic E-state index is 8.56. The van der Waals surface area contributed by atoms with Gasteiger partial charge in [0.2, 0.25) is 0 Å². The summed E-state index contributed by atoms with van der Waals surface area (Å²) in [6.07, 6.45) is 0. The highest BCUT2D eigenvalue weighted by molar-refractivity contribution is 9.10. The molecule has 0 spiro atoms. The van der Waals surface area contributed by atoms with Crippen LogP contribution in [-0.2, 0) is 0 Å². The molecule has 0 amide bonds. The average Bonchev–Trinajstić information content (AvgIpc) is 2.03. The maximum Gasteiger partial charge on any atom is 0.0839 e. The third-order valence-corrected chi connectivity index (χ3v) is 2.22. The van der Waals surface area contributed by atoms with Crippen LogP contribution in [0.2, 0.25) is 0 Å². The molecule has 0 heterocycles. The van der Waals surface area contributed by atoms with E-state index in [4.69, 9.17) is 5.21 Å². The summed E-state index contributed by atoms with van der Waals surface area (Å²) in [5.74, 6) is 0. The first kappa shape index (κ1) is 9.26. The summed E-state index contributed by atoms with van der Waals surface area (Å²) in [5, 5.41) is 11.7. The Hall–Kier alpha value is -0.830. The third-order valence-electron chi connectivity index (χ3n) is 1.73. The van der Waals surface area contributed by atoms with Crippen molar-refractivity contribution in [1.82, 2.24) is 0 Å². The summed E-state index contributed by atoms with van der Waals surface area (Å²) in [7, 11) is 0. The van der Waals surface area contributed by atoms with Crippen LogP contribution in [-0.4, -0.2) is 10.9 Å². The van der Waals surface area contributed by atoms with E-state index in [0.717, 1.165) is 15.6 Å². The molecule has 1 aromatic rings. The van der Waals surface area contributed by atoms with Crippen LogP contribution < -0.4 is 0 Å². The van der Waals surface area contributed by atoms with E-state index in [-0.39, 0.29) is 0 Å². The zero-order valence-corrected chi connectivity index (χ0v) is 8.59. The van der Waals surface area contributed by atoms with Crippen molar-refractivity contribution < 1.29 is 5.21 Å². The van der Waals surface area contributed by atoms with Crippen molar-refractivity contribution in [3.8, 4) is 0 Å². The van der Waals surface area contributed by atoms with Gasteiger partial charge in [-0.15, -0.1) is 0 Å². The van der Waals surface area contributed by atoms with Crippen molar-refractivity contribution in [1.29, 1.82) is 0 Å². The van der Waals surface area contributed by atoms with E-state index in [2.05, 4.69) is 21.1 Å². The topological polar surface area (TPSA) is 32.6 Å². The highest BCUT2D eigenvalue weighted by atomic mass is 79.9. The largest absolute Gasteiger partial charge is 0.411 e. The zero-order valence-electron chi connectivity index (χ0n) is 7.00.